The van der Waals surface area contributed by atoms with Crippen molar-refractivity contribution >= 4 is 5.97 Å². The number of phenolic OH excluding ortho intramolecular Hbond substituents is 2. The van der Waals surface area contributed by atoms with Gasteiger partial charge in [-0.05, 0) is 47.4 Å². The van der Waals surface area contributed by atoms with Crippen LogP contribution in [-0.4, -0.2) is 16.2 Å². The first-order valence-corrected chi connectivity index (χ1v) is 9.43. The molecule has 5 heteroatoms. The fourth-order valence-corrected chi connectivity index (χ4v) is 4.17. The second-order valence-corrected chi connectivity index (χ2v) is 8.54. The maximum atomic E-state index is 12.9. The van der Waals surface area contributed by atoms with Crippen molar-refractivity contribution in [1.29, 1.82) is 0 Å². The summed E-state index contributed by atoms with van der Waals surface area (Å²) in [4.78, 5) is 12.9. The van der Waals surface area contributed by atoms with E-state index in [0.717, 1.165) is 11.1 Å². The van der Waals surface area contributed by atoms with Crippen molar-refractivity contribution in [3.05, 3.63) is 82.4 Å². The van der Waals surface area contributed by atoms with Crippen LogP contribution in [0.2, 0.25) is 0 Å². The molecule has 2 aliphatic rings. The molecule has 0 amide bonds. The van der Waals surface area contributed by atoms with Gasteiger partial charge >= 0.3 is 5.97 Å². The van der Waals surface area contributed by atoms with E-state index >= 15 is 0 Å². The largest absolute Gasteiger partial charge is 0.508 e. The highest BCUT2D eigenvalue weighted by Gasteiger charge is 2.53. The maximum Gasteiger partial charge on any atom is 0.340 e. The Bertz CT molecular complexity index is 1130. The van der Waals surface area contributed by atoms with Gasteiger partial charge in [-0.25, -0.2) is 4.79 Å². The zero-order chi connectivity index (χ0) is 20.6. The zero-order valence-electron chi connectivity index (χ0n) is 16.3. The Morgan fingerprint density at radius 3 is 1.93 bits per heavy atom. The van der Waals surface area contributed by atoms with Crippen LogP contribution in [0, 0.1) is 0 Å². The summed E-state index contributed by atoms with van der Waals surface area (Å²) in [5.74, 6) is 0.418. The summed E-state index contributed by atoms with van der Waals surface area (Å²) >= 11 is 0. The van der Waals surface area contributed by atoms with Gasteiger partial charge < -0.3 is 19.7 Å². The van der Waals surface area contributed by atoms with E-state index in [-0.39, 0.29) is 16.9 Å². The van der Waals surface area contributed by atoms with E-state index in [1.165, 1.54) is 12.1 Å². The first-order valence-electron chi connectivity index (χ1n) is 9.43. The number of ether oxygens (including phenoxy) is 2. The maximum absolute atomic E-state index is 12.9. The Morgan fingerprint density at radius 2 is 1.38 bits per heavy atom. The minimum atomic E-state index is -1.21. The smallest absolute Gasteiger partial charge is 0.340 e. The minimum Gasteiger partial charge on any atom is -0.508 e. The molecule has 146 valence electrons. The van der Waals surface area contributed by atoms with E-state index in [1.807, 2.05) is 18.2 Å². The van der Waals surface area contributed by atoms with Crippen molar-refractivity contribution in [3.63, 3.8) is 0 Å². The minimum absolute atomic E-state index is 0.0375. The van der Waals surface area contributed by atoms with Crippen molar-refractivity contribution in [2.75, 3.05) is 0 Å². The summed E-state index contributed by atoms with van der Waals surface area (Å²) in [5, 5.41) is 20.0. The number of hydrogen-bond acceptors (Lipinski definition) is 5. The van der Waals surface area contributed by atoms with Crippen molar-refractivity contribution in [2.24, 2.45) is 0 Å². The van der Waals surface area contributed by atoms with Gasteiger partial charge in [-0.3, -0.25) is 0 Å². The number of carbonyl (C=O) groups is 1. The highest BCUT2D eigenvalue weighted by atomic mass is 16.6. The Morgan fingerprint density at radius 1 is 0.793 bits per heavy atom. The van der Waals surface area contributed by atoms with Gasteiger partial charge in [0, 0.05) is 28.8 Å². The SMILES string of the molecule is CC(C)(C)c1ccc2c(c1)C1(OC2=O)c2ccc(O)cc2Oc2cc(O)ccc21. The Balaban J connectivity index is 1.89. The quantitative estimate of drug-likeness (QED) is 0.532. The molecule has 3 aromatic carbocycles. The molecular weight excluding hydrogens is 368 g/mol. The van der Waals surface area contributed by atoms with E-state index in [9.17, 15) is 15.0 Å². The molecule has 0 aliphatic carbocycles. The van der Waals surface area contributed by atoms with Crippen LogP contribution >= 0.6 is 0 Å². The van der Waals surface area contributed by atoms with Crippen LogP contribution in [-0.2, 0) is 15.8 Å². The standard InChI is InChI=1S/C24H20O5/c1-23(2,3)13-4-7-16-19(10-13)24(29-22(16)27)17-8-5-14(25)11-20(17)28-21-12-15(26)6-9-18(21)24/h4-12,25-26H,1-3H3. The van der Waals surface area contributed by atoms with Gasteiger partial charge in [0.15, 0.2) is 5.60 Å². The van der Waals surface area contributed by atoms with Crippen LogP contribution in [0.1, 0.15) is 53.4 Å². The molecule has 3 aromatic rings. The van der Waals surface area contributed by atoms with Gasteiger partial charge in [0.05, 0.1) is 5.56 Å². The predicted octanol–water partition coefficient (Wildman–Crippen LogP) is 4.96. The molecular formula is C24H20O5. The number of carbonyl (C=O) groups excluding carboxylic acids is 1. The number of rotatable bonds is 0. The molecule has 0 saturated heterocycles. The van der Waals surface area contributed by atoms with Gasteiger partial charge in [0.25, 0.3) is 0 Å². The van der Waals surface area contributed by atoms with E-state index < -0.39 is 11.6 Å². The number of phenols is 2. The fourth-order valence-electron chi connectivity index (χ4n) is 4.17. The highest BCUT2D eigenvalue weighted by molar-refractivity contribution is 5.97. The molecule has 0 fully saturated rings. The number of esters is 1. The third-order valence-electron chi connectivity index (χ3n) is 5.64. The number of hydrogen-bond donors (Lipinski definition) is 2. The van der Waals surface area contributed by atoms with Crippen LogP contribution < -0.4 is 4.74 Å². The van der Waals surface area contributed by atoms with E-state index in [2.05, 4.69) is 20.8 Å². The number of benzene rings is 3. The van der Waals surface area contributed by atoms with Crippen molar-refractivity contribution in [1.82, 2.24) is 0 Å². The molecule has 5 nitrogen and oxygen atoms in total. The van der Waals surface area contributed by atoms with Gasteiger partial charge in [0.1, 0.15) is 23.0 Å². The lowest BCUT2D eigenvalue weighted by atomic mass is 9.75. The molecule has 0 aromatic heterocycles. The van der Waals surface area contributed by atoms with E-state index in [0.29, 0.717) is 28.2 Å². The van der Waals surface area contributed by atoms with Crippen LogP contribution in [0.15, 0.2) is 54.6 Å². The Labute approximate surface area is 168 Å². The second-order valence-electron chi connectivity index (χ2n) is 8.54. The average molecular weight is 388 g/mol. The summed E-state index contributed by atoms with van der Waals surface area (Å²) < 4.78 is 12.0. The van der Waals surface area contributed by atoms with Gasteiger partial charge in [-0.1, -0.05) is 26.8 Å². The second kappa shape index (κ2) is 5.54. The van der Waals surface area contributed by atoms with Crippen LogP contribution in [0.4, 0.5) is 0 Å². The van der Waals surface area contributed by atoms with Crippen molar-refractivity contribution < 1.29 is 24.5 Å². The Kier molecular flexibility index (Phi) is 3.36. The molecule has 29 heavy (non-hydrogen) atoms. The van der Waals surface area contributed by atoms with Gasteiger partial charge in [0.2, 0.25) is 0 Å². The summed E-state index contributed by atoms with van der Waals surface area (Å²) in [6, 6.07) is 15.3. The van der Waals surface area contributed by atoms with Crippen molar-refractivity contribution in [2.45, 2.75) is 31.8 Å². The summed E-state index contributed by atoms with van der Waals surface area (Å²) in [6.45, 7) is 6.34. The lowest BCUT2D eigenvalue weighted by Gasteiger charge is -2.37. The number of aromatic hydroxyl groups is 2. The zero-order valence-corrected chi connectivity index (χ0v) is 16.3. The van der Waals surface area contributed by atoms with E-state index in [1.54, 1.807) is 24.3 Å². The molecule has 2 N–H and O–H groups in total. The first-order chi connectivity index (χ1) is 13.7. The average Bonchev–Trinajstić information content (AvgIpc) is 2.93. The first kappa shape index (κ1) is 17.6. The lowest BCUT2D eigenvalue weighted by molar-refractivity contribution is 0.0224. The topological polar surface area (TPSA) is 76.0 Å². The van der Waals surface area contributed by atoms with Gasteiger partial charge in [-0.2, -0.15) is 0 Å². The van der Waals surface area contributed by atoms with E-state index in [4.69, 9.17) is 9.47 Å². The summed E-state index contributed by atoms with van der Waals surface area (Å²) in [5.41, 5.74) is 2.23. The molecule has 0 unspecified atom stereocenters. The highest BCUT2D eigenvalue weighted by Crippen LogP contribution is 2.57. The van der Waals surface area contributed by atoms with Crippen LogP contribution in [0.3, 0.4) is 0 Å². The lowest BCUT2D eigenvalue weighted by Crippen LogP contribution is -2.33. The molecule has 5 rings (SSSR count). The third kappa shape index (κ3) is 2.37. The summed E-state index contributed by atoms with van der Waals surface area (Å²) in [7, 11) is 0. The molecule has 0 radical (unpaired) electrons. The third-order valence-corrected chi connectivity index (χ3v) is 5.64. The van der Waals surface area contributed by atoms with Crippen LogP contribution in [0.25, 0.3) is 0 Å². The molecule has 1 spiro atoms. The predicted molar refractivity (Wildman–Crippen MR) is 107 cm³/mol. The van der Waals surface area contributed by atoms with Crippen LogP contribution in [0.5, 0.6) is 23.0 Å². The fraction of sp³-hybridized carbons (Fsp3) is 0.208. The normalized spacial score (nSPS) is 15.9. The van der Waals surface area contributed by atoms with Gasteiger partial charge in [-0.15, -0.1) is 0 Å². The monoisotopic (exact) mass is 388 g/mol. The molecule has 0 atom stereocenters. The van der Waals surface area contributed by atoms with Crippen molar-refractivity contribution in [3.8, 4) is 23.0 Å². The Hall–Kier alpha value is -3.47. The molecule has 2 heterocycles. The molecule has 0 bridgehead atoms. The molecule has 2 aliphatic heterocycles. The molecule has 0 saturated carbocycles. The summed E-state index contributed by atoms with van der Waals surface area (Å²) in [6.07, 6.45) is 0. The number of fused-ring (bicyclic) bond motifs is 6.